The van der Waals surface area contributed by atoms with E-state index in [0.29, 0.717) is 66.9 Å². The van der Waals surface area contributed by atoms with Crippen LogP contribution in [0.1, 0.15) is 70.6 Å². The van der Waals surface area contributed by atoms with Crippen LogP contribution >= 0.6 is 11.6 Å². The van der Waals surface area contributed by atoms with E-state index in [0.717, 1.165) is 5.56 Å². The quantitative estimate of drug-likeness (QED) is 0.268. The first-order chi connectivity index (χ1) is 20.4. The average molecular weight is 617 g/mol. The Morgan fingerprint density at radius 1 is 1.02 bits per heavy atom. The lowest BCUT2D eigenvalue weighted by Gasteiger charge is -2.35. The second-order valence-electron chi connectivity index (χ2n) is 11.9. The fourth-order valence-electron chi connectivity index (χ4n) is 5.47. The number of likely N-dealkylation sites (tertiary alicyclic amines) is 1. The number of piperidine rings is 1. The summed E-state index contributed by atoms with van der Waals surface area (Å²) < 4.78 is 22.6. The molecule has 1 unspecified atom stereocenters. The van der Waals surface area contributed by atoms with Crippen LogP contribution in [0.3, 0.4) is 0 Å². The lowest BCUT2D eigenvalue weighted by Crippen LogP contribution is -2.43. The van der Waals surface area contributed by atoms with Crippen molar-refractivity contribution in [2.45, 2.75) is 59.5 Å². The molecule has 1 heterocycles. The molecule has 0 radical (unpaired) electrons. The molecule has 0 saturated carbocycles. The number of benzene rings is 2. The molecule has 1 aliphatic rings. The molecule has 3 rings (SSSR count). The Morgan fingerprint density at radius 3 is 2.35 bits per heavy atom. The highest BCUT2D eigenvalue weighted by atomic mass is 35.5. The highest BCUT2D eigenvalue weighted by Gasteiger charge is 2.33. The van der Waals surface area contributed by atoms with Crippen LogP contribution < -0.4 is 14.4 Å². The number of anilines is 1. The SMILES string of the molecule is CCOC(=O)[C@H]1CCCN(C(=O)CCC(=O)N(CC(C)(C)C)c2c(OC)cc(Cl)cc2C(OC)c2ccccc2OC)C1. The van der Waals surface area contributed by atoms with Crippen LogP contribution in [0.5, 0.6) is 11.5 Å². The van der Waals surface area contributed by atoms with Gasteiger partial charge in [-0.25, -0.2) is 0 Å². The number of halogens is 1. The molecule has 1 aliphatic heterocycles. The van der Waals surface area contributed by atoms with E-state index >= 15 is 0 Å². The third-order valence-electron chi connectivity index (χ3n) is 7.38. The summed E-state index contributed by atoms with van der Waals surface area (Å²) in [5, 5.41) is 0.423. The smallest absolute Gasteiger partial charge is 0.310 e. The lowest BCUT2D eigenvalue weighted by molar-refractivity contribution is -0.151. The second kappa shape index (κ2) is 15.4. The van der Waals surface area contributed by atoms with Crippen LogP contribution in [0.4, 0.5) is 5.69 Å². The van der Waals surface area contributed by atoms with Gasteiger partial charge in [-0.2, -0.15) is 0 Å². The summed E-state index contributed by atoms with van der Waals surface area (Å²) >= 11 is 6.57. The van der Waals surface area contributed by atoms with E-state index in [-0.39, 0.29) is 42.0 Å². The molecule has 0 spiro atoms. The molecule has 2 atom stereocenters. The van der Waals surface area contributed by atoms with Crippen LogP contribution in [0, 0.1) is 11.3 Å². The maximum absolute atomic E-state index is 14.1. The van der Waals surface area contributed by atoms with Crippen LogP contribution in [-0.2, 0) is 23.9 Å². The summed E-state index contributed by atoms with van der Waals surface area (Å²) in [5.41, 5.74) is 1.62. The zero-order chi connectivity index (χ0) is 31.7. The Labute approximate surface area is 260 Å². The van der Waals surface area contributed by atoms with Gasteiger partial charge >= 0.3 is 5.97 Å². The van der Waals surface area contributed by atoms with Crippen molar-refractivity contribution in [1.82, 2.24) is 4.90 Å². The molecule has 1 fully saturated rings. The third kappa shape index (κ3) is 8.86. The number of hydrogen-bond donors (Lipinski definition) is 0. The third-order valence-corrected chi connectivity index (χ3v) is 7.60. The maximum Gasteiger partial charge on any atom is 0.310 e. The van der Waals surface area contributed by atoms with Gasteiger partial charge in [-0.1, -0.05) is 50.6 Å². The predicted octanol–water partition coefficient (Wildman–Crippen LogP) is 6.05. The van der Waals surface area contributed by atoms with Crippen molar-refractivity contribution in [3.63, 3.8) is 0 Å². The minimum absolute atomic E-state index is 0.0144. The molecule has 9 nitrogen and oxygen atoms in total. The number of ether oxygens (including phenoxy) is 4. The topological polar surface area (TPSA) is 94.6 Å². The zero-order valence-electron chi connectivity index (χ0n) is 26.4. The molecular formula is C33H45ClN2O7. The molecule has 0 aromatic heterocycles. The lowest BCUT2D eigenvalue weighted by atomic mass is 9.93. The van der Waals surface area contributed by atoms with Gasteiger partial charge in [0.15, 0.2) is 0 Å². The van der Waals surface area contributed by atoms with Gasteiger partial charge in [-0.05, 0) is 37.3 Å². The van der Waals surface area contributed by atoms with E-state index < -0.39 is 6.10 Å². The minimum Gasteiger partial charge on any atom is -0.496 e. The summed E-state index contributed by atoms with van der Waals surface area (Å²) in [7, 11) is 4.71. The first kappa shape index (κ1) is 34.2. The Kier molecular flexibility index (Phi) is 12.3. The first-order valence-electron chi connectivity index (χ1n) is 14.7. The number of esters is 1. The van der Waals surface area contributed by atoms with E-state index in [1.54, 1.807) is 43.1 Å². The van der Waals surface area contributed by atoms with Gasteiger partial charge < -0.3 is 28.7 Å². The highest BCUT2D eigenvalue weighted by Crippen LogP contribution is 2.44. The summed E-state index contributed by atoms with van der Waals surface area (Å²) in [5.74, 6) is 0.0205. The predicted molar refractivity (Wildman–Crippen MR) is 167 cm³/mol. The van der Waals surface area contributed by atoms with E-state index in [2.05, 4.69) is 0 Å². The average Bonchev–Trinajstić information content (AvgIpc) is 2.98. The van der Waals surface area contributed by atoms with Crippen LogP contribution in [0.15, 0.2) is 36.4 Å². The summed E-state index contributed by atoms with van der Waals surface area (Å²) in [6.45, 7) is 9.40. The summed E-state index contributed by atoms with van der Waals surface area (Å²) in [6.07, 6.45) is 0.760. The number of para-hydroxylation sites is 1. The number of carbonyl (C=O) groups is 3. The Morgan fingerprint density at radius 2 is 1.72 bits per heavy atom. The molecule has 2 aromatic rings. The van der Waals surface area contributed by atoms with Crippen LogP contribution in [0.25, 0.3) is 0 Å². The largest absolute Gasteiger partial charge is 0.496 e. The molecule has 2 amide bonds. The molecule has 1 saturated heterocycles. The van der Waals surface area contributed by atoms with Crippen molar-refractivity contribution < 1.29 is 33.3 Å². The van der Waals surface area contributed by atoms with E-state index in [9.17, 15) is 14.4 Å². The molecule has 0 N–H and O–H groups in total. The van der Waals surface area contributed by atoms with Gasteiger partial charge in [0.05, 0.1) is 32.4 Å². The number of hydrogen-bond acceptors (Lipinski definition) is 7. The van der Waals surface area contributed by atoms with Crippen molar-refractivity contribution in [1.29, 1.82) is 0 Å². The Balaban J connectivity index is 1.97. The Hall–Kier alpha value is -3.30. The van der Waals surface area contributed by atoms with Gasteiger partial charge in [0.25, 0.3) is 0 Å². The maximum atomic E-state index is 14.1. The molecular weight excluding hydrogens is 572 g/mol. The molecule has 2 aromatic carbocycles. The number of amides is 2. The summed E-state index contributed by atoms with van der Waals surface area (Å²) in [6, 6.07) is 11.0. The summed E-state index contributed by atoms with van der Waals surface area (Å²) in [4.78, 5) is 43.0. The molecule has 43 heavy (non-hydrogen) atoms. The van der Waals surface area contributed by atoms with Gasteiger partial charge in [0, 0.05) is 61.8 Å². The van der Waals surface area contributed by atoms with Gasteiger partial charge in [0.2, 0.25) is 11.8 Å². The van der Waals surface area contributed by atoms with Crippen LogP contribution in [0.2, 0.25) is 5.02 Å². The van der Waals surface area contributed by atoms with Gasteiger partial charge in [-0.3, -0.25) is 14.4 Å². The monoisotopic (exact) mass is 616 g/mol. The van der Waals surface area contributed by atoms with Gasteiger partial charge in [0.1, 0.15) is 17.6 Å². The molecule has 10 heteroatoms. The highest BCUT2D eigenvalue weighted by molar-refractivity contribution is 6.31. The fourth-order valence-corrected chi connectivity index (χ4v) is 5.69. The minimum atomic E-state index is -0.635. The number of methoxy groups -OCH3 is 3. The number of rotatable bonds is 12. The van der Waals surface area contributed by atoms with Crippen molar-refractivity contribution in [2.75, 3.05) is 52.5 Å². The zero-order valence-corrected chi connectivity index (χ0v) is 27.2. The van der Waals surface area contributed by atoms with Crippen molar-refractivity contribution in [2.24, 2.45) is 11.3 Å². The first-order valence-corrected chi connectivity index (χ1v) is 15.1. The van der Waals surface area contributed by atoms with E-state index in [1.807, 2.05) is 45.0 Å². The van der Waals surface area contributed by atoms with Crippen molar-refractivity contribution in [3.8, 4) is 11.5 Å². The van der Waals surface area contributed by atoms with Crippen LogP contribution in [-0.4, -0.2) is 70.3 Å². The van der Waals surface area contributed by atoms with E-state index in [4.69, 9.17) is 30.5 Å². The fraction of sp³-hybridized carbons (Fsp3) is 0.545. The van der Waals surface area contributed by atoms with Crippen molar-refractivity contribution >= 4 is 35.1 Å². The number of carbonyl (C=O) groups excluding carboxylic acids is 3. The molecule has 236 valence electrons. The van der Waals surface area contributed by atoms with Gasteiger partial charge in [-0.15, -0.1) is 0 Å². The Bertz CT molecular complexity index is 1280. The molecule has 0 aliphatic carbocycles. The standard InChI is InChI=1S/C33H45ClN2O7/c1-8-43-32(39)22-12-11-17-35(20-22)28(37)15-16-29(38)36(21-33(2,3)4)30-25(18-23(34)19-27(30)41-6)31(42-7)24-13-9-10-14-26(24)40-5/h9-10,13-14,18-19,22,31H,8,11-12,15-17,20-21H2,1-7H3/t22-,31?/m0/s1. The normalized spacial score (nSPS) is 15.9. The number of nitrogens with zero attached hydrogens (tertiary/aromatic N) is 2. The van der Waals surface area contributed by atoms with E-state index in [1.165, 1.54) is 7.11 Å². The van der Waals surface area contributed by atoms with Crippen molar-refractivity contribution in [3.05, 3.63) is 52.5 Å². The molecule has 0 bridgehead atoms. The second-order valence-corrected chi connectivity index (χ2v) is 12.3.